The molecule has 7 nitrogen and oxygen atoms in total. The minimum atomic E-state index is 0.0934. The first kappa shape index (κ1) is 19.5. The van der Waals surface area contributed by atoms with Crippen LogP contribution in [-0.2, 0) is 13.6 Å². The number of carbonyl (C=O) groups excluding carboxylic acids is 1. The summed E-state index contributed by atoms with van der Waals surface area (Å²) in [4.78, 5) is 21.9. The topological polar surface area (TPSA) is 67.4 Å². The first-order valence-corrected chi connectivity index (χ1v) is 10.5. The fraction of sp³-hybridized carbons (Fsp3) is 0.292. The Balaban J connectivity index is 1.22. The van der Waals surface area contributed by atoms with E-state index in [1.54, 1.807) is 0 Å². The normalized spacial score (nSPS) is 15.0. The second-order valence-corrected chi connectivity index (χ2v) is 8.12. The molecule has 4 aromatic rings. The molecular formula is C24H25N5O2. The van der Waals surface area contributed by atoms with E-state index in [0.29, 0.717) is 31.3 Å². The van der Waals surface area contributed by atoms with E-state index in [1.807, 2.05) is 71.2 Å². The number of para-hydroxylation sites is 1. The van der Waals surface area contributed by atoms with Crippen molar-refractivity contribution in [3.05, 3.63) is 71.7 Å². The highest BCUT2D eigenvalue weighted by Crippen LogP contribution is 2.23. The maximum absolute atomic E-state index is 13.1. The van der Waals surface area contributed by atoms with Crippen molar-refractivity contribution in [1.82, 2.24) is 24.5 Å². The van der Waals surface area contributed by atoms with Gasteiger partial charge >= 0.3 is 0 Å². The molecule has 2 aromatic carbocycles. The van der Waals surface area contributed by atoms with Gasteiger partial charge in [-0.15, -0.1) is 0 Å². The number of amides is 1. The molecule has 7 heteroatoms. The Morgan fingerprint density at radius 1 is 1.03 bits per heavy atom. The maximum atomic E-state index is 13.1. The van der Waals surface area contributed by atoms with Crippen molar-refractivity contribution in [3.8, 4) is 11.4 Å². The van der Waals surface area contributed by atoms with Crippen LogP contribution in [0.25, 0.3) is 22.3 Å². The van der Waals surface area contributed by atoms with Crippen LogP contribution >= 0.6 is 0 Å². The summed E-state index contributed by atoms with van der Waals surface area (Å²) >= 11 is 0. The van der Waals surface area contributed by atoms with Gasteiger partial charge in [-0.1, -0.05) is 53.2 Å². The average molecular weight is 415 g/mol. The van der Waals surface area contributed by atoms with E-state index in [2.05, 4.69) is 22.0 Å². The van der Waals surface area contributed by atoms with Gasteiger partial charge in [0.25, 0.3) is 5.91 Å². The first-order valence-electron chi connectivity index (χ1n) is 10.5. The number of hydrogen-bond donors (Lipinski definition) is 0. The number of aromatic nitrogens is 3. The highest BCUT2D eigenvalue weighted by atomic mass is 16.5. The molecule has 1 aliphatic heterocycles. The van der Waals surface area contributed by atoms with Crippen LogP contribution in [0.3, 0.4) is 0 Å². The SMILES string of the molecule is Cc1ccc(-c2noc(CN3CCN(C(=O)c4cn(C)c5ccccc45)CC3)n2)cc1. The van der Waals surface area contributed by atoms with Crippen molar-refractivity contribution >= 4 is 16.8 Å². The van der Waals surface area contributed by atoms with E-state index in [1.165, 1.54) is 5.56 Å². The fourth-order valence-electron chi connectivity index (χ4n) is 4.12. The second-order valence-electron chi connectivity index (χ2n) is 8.12. The second kappa shape index (κ2) is 8.00. The molecule has 158 valence electrons. The highest BCUT2D eigenvalue weighted by molar-refractivity contribution is 6.07. The molecule has 0 spiro atoms. The molecule has 1 saturated heterocycles. The van der Waals surface area contributed by atoms with Gasteiger partial charge in [-0.05, 0) is 13.0 Å². The number of piperazine rings is 1. The van der Waals surface area contributed by atoms with Crippen LogP contribution < -0.4 is 0 Å². The lowest BCUT2D eigenvalue weighted by Gasteiger charge is -2.33. The van der Waals surface area contributed by atoms with Crippen LogP contribution in [-0.4, -0.2) is 56.6 Å². The molecule has 3 heterocycles. The lowest BCUT2D eigenvalue weighted by molar-refractivity contribution is 0.0617. The van der Waals surface area contributed by atoms with Gasteiger partial charge < -0.3 is 14.0 Å². The van der Waals surface area contributed by atoms with Crippen LogP contribution in [0.2, 0.25) is 0 Å². The van der Waals surface area contributed by atoms with Crippen molar-refractivity contribution in [2.45, 2.75) is 13.5 Å². The Bertz CT molecular complexity index is 1220. The van der Waals surface area contributed by atoms with Crippen molar-refractivity contribution in [1.29, 1.82) is 0 Å². The Hall–Kier alpha value is -3.45. The predicted octanol–water partition coefficient (Wildman–Crippen LogP) is 3.49. The lowest BCUT2D eigenvalue weighted by atomic mass is 10.1. The monoisotopic (exact) mass is 415 g/mol. The van der Waals surface area contributed by atoms with Crippen molar-refractivity contribution in [2.24, 2.45) is 7.05 Å². The third-order valence-corrected chi connectivity index (χ3v) is 5.92. The third kappa shape index (κ3) is 3.84. The zero-order valence-electron chi connectivity index (χ0n) is 17.8. The first-order chi connectivity index (χ1) is 15.1. The molecule has 31 heavy (non-hydrogen) atoms. The summed E-state index contributed by atoms with van der Waals surface area (Å²) < 4.78 is 7.47. The van der Waals surface area contributed by atoms with Crippen LogP contribution in [0.1, 0.15) is 21.8 Å². The smallest absolute Gasteiger partial charge is 0.256 e. The standard InChI is InChI=1S/C24H25N5O2/c1-17-7-9-18(10-8-17)23-25-22(31-26-23)16-28-11-13-29(14-12-28)24(30)20-15-27(2)21-6-4-3-5-19(20)21/h3-10,15H,11-14,16H2,1-2H3. The number of aryl methyl sites for hydroxylation is 2. The summed E-state index contributed by atoms with van der Waals surface area (Å²) in [5, 5.41) is 5.12. The summed E-state index contributed by atoms with van der Waals surface area (Å²) in [5.74, 6) is 1.31. The fourth-order valence-corrected chi connectivity index (χ4v) is 4.12. The van der Waals surface area contributed by atoms with Crippen LogP contribution in [0.4, 0.5) is 0 Å². The molecule has 0 saturated carbocycles. The third-order valence-electron chi connectivity index (χ3n) is 5.92. The van der Waals surface area contributed by atoms with Crippen molar-refractivity contribution in [3.63, 3.8) is 0 Å². The van der Waals surface area contributed by atoms with E-state index in [4.69, 9.17) is 4.52 Å². The van der Waals surface area contributed by atoms with Gasteiger partial charge in [-0.2, -0.15) is 4.98 Å². The van der Waals surface area contributed by atoms with Gasteiger partial charge in [-0.25, -0.2) is 0 Å². The molecule has 1 aliphatic rings. The quantitative estimate of drug-likeness (QED) is 0.510. The molecular weight excluding hydrogens is 390 g/mol. The Kier molecular flexibility index (Phi) is 5.03. The minimum Gasteiger partial charge on any atom is -0.350 e. The van der Waals surface area contributed by atoms with Gasteiger partial charge in [0, 0.05) is 55.9 Å². The number of rotatable bonds is 4. The Morgan fingerprint density at radius 3 is 2.55 bits per heavy atom. The number of carbonyl (C=O) groups is 1. The van der Waals surface area contributed by atoms with Crippen molar-refractivity contribution < 1.29 is 9.32 Å². The summed E-state index contributed by atoms with van der Waals surface area (Å²) in [6, 6.07) is 16.1. The Morgan fingerprint density at radius 2 is 1.77 bits per heavy atom. The van der Waals surface area contributed by atoms with Crippen molar-refractivity contribution in [2.75, 3.05) is 26.2 Å². The molecule has 0 aliphatic carbocycles. The van der Waals surface area contributed by atoms with Gasteiger partial charge in [-0.3, -0.25) is 9.69 Å². The van der Waals surface area contributed by atoms with Crippen LogP contribution in [0, 0.1) is 6.92 Å². The van der Waals surface area contributed by atoms with E-state index >= 15 is 0 Å². The minimum absolute atomic E-state index is 0.0934. The van der Waals surface area contributed by atoms with E-state index < -0.39 is 0 Å². The Labute approximate surface area is 180 Å². The van der Waals surface area contributed by atoms with Gasteiger partial charge in [0.15, 0.2) is 0 Å². The number of hydrogen-bond acceptors (Lipinski definition) is 5. The van der Waals surface area contributed by atoms with Crippen LogP contribution in [0.5, 0.6) is 0 Å². The van der Waals surface area contributed by atoms with E-state index in [-0.39, 0.29) is 5.91 Å². The summed E-state index contributed by atoms with van der Waals surface area (Å²) in [6.07, 6.45) is 1.93. The molecule has 0 radical (unpaired) electrons. The molecule has 5 rings (SSSR count). The highest BCUT2D eigenvalue weighted by Gasteiger charge is 2.25. The predicted molar refractivity (Wildman–Crippen MR) is 119 cm³/mol. The van der Waals surface area contributed by atoms with Gasteiger partial charge in [0.05, 0.1) is 12.1 Å². The van der Waals surface area contributed by atoms with Gasteiger partial charge in [0.1, 0.15) is 0 Å². The maximum Gasteiger partial charge on any atom is 0.256 e. The molecule has 2 aromatic heterocycles. The number of benzene rings is 2. The zero-order chi connectivity index (χ0) is 21.4. The summed E-state index contributed by atoms with van der Waals surface area (Å²) in [5.41, 5.74) is 3.99. The number of fused-ring (bicyclic) bond motifs is 1. The molecule has 0 atom stereocenters. The molecule has 0 bridgehead atoms. The summed E-state index contributed by atoms with van der Waals surface area (Å²) in [7, 11) is 1.98. The average Bonchev–Trinajstić information content (AvgIpc) is 3.39. The lowest BCUT2D eigenvalue weighted by Crippen LogP contribution is -2.48. The molecule has 1 fully saturated rings. The molecule has 0 unspecified atom stereocenters. The van der Waals surface area contributed by atoms with Crippen LogP contribution in [0.15, 0.2) is 59.3 Å². The number of nitrogens with zero attached hydrogens (tertiary/aromatic N) is 5. The molecule has 0 N–H and O–H groups in total. The van der Waals surface area contributed by atoms with Gasteiger partial charge in [0.2, 0.25) is 11.7 Å². The van der Waals surface area contributed by atoms with E-state index in [0.717, 1.165) is 35.1 Å². The molecule has 1 amide bonds. The largest absolute Gasteiger partial charge is 0.350 e. The summed E-state index contributed by atoms with van der Waals surface area (Å²) in [6.45, 7) is 5.56. The van der Waals surface area contributed by atoms with E-state index in [9.17, 15) is 4.79 Å². The zero-order valence-corrected chi connectivity index (χ0v) is 17.8.